The van der Waals surface area contributed by atoms with Gasteiger partial charge in [0.1, 0.15) is 17.8 Å². The molecule has 180 valence electrons. The van der Waals surface area contributed by atoms with Gasteiger partial charge < -0.3 is 20.6 Å². The maximum atomic E-state index is 13.9. The van der Waals surface area contributed by atoms with E-state index < -0.39 is 12.3 Å². The van der Waals surface area contributed by atoms with Gasteiger partial charge in [0.25, 0.3) is 0 Å². The summed E-state index contributed by atoms with van der Waals surface area (Å²) in [6.07, 6.45) is 2.37. The minimum Gasteiger partial charge on any atom is -0.392 e. The van der Waals surface area contributed by atoms with Gasteiger partial charge in [0.15, 0.2) is 5.65 Å². The summed E-state index contributed by atoms with van der Waals surface area (Å²) >= 11 is 0. The molecule has 1 aromatic carbocycles. The smallest absolute Gasteiger partial charge is 0.160 e. The van der Waals surface area contributed by atoms with E-state index in [0.717, 1.165) is 35.0 Å². The fourth-order valence-corrected chi connectivity index (χ4v) is 4.87. The van der Waals surface area contributed by atoms with Crippen LogP contribution in [0.5, 0.6) is 0 Å². The molecular weight excluding hydrogens is 431 g/mol. The second-order valence-corrected chi connectivity index (χ2v) is 9.61. The standard InChI is InChI=1S/C26H33FN6O/c1-16-8-9-21(18(3)29-22-7-5-4-6-20(16)22)23-12-26-30-25(32-11-10-19(27)15-32)13-24(33(26)31-23)28-14-17(2)34/h4-7,9,12-13,16-19,28-29,34H,8,10-11,14-15H2,1-3H3. The number of rotatable bonds is 5. The Hall–Kier alpha value is -3.13. The first-order valence-electron chi connectivity index (χ1n) is 12.2. The normalized spacial score (nSPS) is 23.6. The van der Waals surface area contributed by atoms with Gasteiger partial charge in [-0.05, 0) is 49.8 Å². The molecule has 0 amide bonds. The van der Waals surface area contributed by atoms with Crippen molar-refractivity contribution >= 4 is 28.5 Å². The molecule has 2 aliphatic heterocycles. The van der Waals surface area contributed by atoms with Gasteiger partial charge in [-0.3, -0.25) is 0 Å². The molecule has 2 aromatic heterocycles. The fourth-order valence-electron chi connectivity index (χ4n) is 4.87. The minimum atomic E-state index is -0.829. The monoisotopic (exact) mass is 464 g/mol. The lowest BCUT2D eigenvalue weighted by molar-refractivity contribution is 0.208. The Labute approximate surface area is 199 Å². The van der Waals surface area contributed by atoms with E-state index in [1.165, 1.54) is 5.56 Å². The maximum Gasteiger partial charge on any atom is 0.160 e. The number of halogens is 1. The molecule has 0 radical (unpaired) electrons. The van der Waals surface area contributed by atoms with E-state index in [1.807, 2.05) is 17.0 Å². The molecule has 4 atom stereocenters. The van der Waals surface area contributed by atoms with E-state index in [1.54, 1.807) is 11.4 Å². The van der Waals surface area contributed by atoms with Crippen LogP contribution in [0.25, 0.3) is 11.2 Å². The van der Waals surface area contributed by atoms with Gasteiger partial charge in [0.2, 0.25) is 0 Å². The lowest BCUT2D eigenvalue weighted by Gasteiger charge is -2.25. The predicted octanol–water partition coefficient (Wildman–Crippen LogP) is 4.46. The topological polar surface area (TPSA) is 77.7 Å². The number of aliphatic hydroxyl groups is 1. The lowest BCUT2D eigenvalue weighted by Crippen LogP contribution is -2.23. The third-order valence-corrected chi connectivity index (χ3v) is 6.76. The Bertz CT molecular complexity index is 1210. The van der Waals surface area contributed by atoms with Crippen LogP contribution in [0.1, 0.15) is 50.8 Å². The summed E-state index contributed by atoms with van der Waals surface area (Å²) in [5.74, 6) is 1.85. The predicted molar refractivity (Wildman–Crippen MR) is 135 cm³/mol. The van der Waals surface area contributed by atoms with Crippen LogP contribution in [-0.4, -0.2) is 57.7 Å². The molecule has 0 bridgehead atoms. The second-order valence-electron chi connectivity index (χ2n) is 9.61. The van der Waals surface area contributed by atoms with E-state index in [9.17, 15) is 9.50 Å². The summed E-state index contributed by atoms with van der Waals surface area (Å²) in [6.45, 7) is 7.51. The maximum absolute atomic E-state index is 13.9. The van der Waals surface area contributed by atoms with Crippen LogP contribution in [0.3, 0.4) is 0 Å². The molecule has 34 heavy (non-hydrogen) atoms. The van der Waals surface area contributed by atoms with E-state index in [4.69, 9.17) is 10.1 Å². The van der Waals surface area contributed by atoms with E-state index in [0.29, 0.717) is 37.6 Å². The summed E-state index contributed by atoms with van der Waals surface area (Å²) < 4.78 is 15.7. The third kappa shape index (κ3) is 4.46. The first kappa shape index (κ1) is 22.7. The average Bonchev–Trinajstić information content (AvgIpc) is 3.43. The highest BCUT2D eigenvalue weighted by atomic mass is 19.1. The fraction of sp³-hybridized carbons (Fsp3) is 0.462. The third-order valence-electron chi connectivity index (χ3n) is 6.76. The average molecular weight is 465 g/mol. The molecule has 0 spiro atoms. The number of hydrogen-bond donors (Lipinski definition) is 3. The molecule has 4 heterocycles. The van der Waals surface area contributed by atoms with Crippen molar-refractivity contribution in [3.05, 3.63) is 53.7 Å². The van der Waals surface area contributed by atoms with Crippen molar-refractivity contribution in [3.8, 4) is 0 Å². The largest absolute Gasteiger partial charge is 0.392 e. The number of para-hydroxylation sites is 1. The zero-order valence-electron chi connectivity index (χ0n) is 20.0. The van der Waals surface area contributed by atoms with Crippen molar-refractivity contribution in [3.63, 3.8) is 0 Å². The van der Waals surface area contributed by atoms with Crippen molar-refractivity contribution in [2.75, 3.05) is 35.2 Å². The molecular formula is C26H33FN6O. The Morgan fingerprint density at radius 3 is 2.85 bits per heavy atom. The highest BCUT2D eigenvalue weighted by molar-refractivity contribution is 5.75. The van der Waals surface area contributed by atoms with Crippen LogP contribution in [0.15, 0.2) is 42.5 Å². The summed E-state index contributed by atoms with van der Waals surface area (Å²) in [5, 5.41) is 21.7. The molecule has 1 saturated heterocycles. The summed E-state index contributed by atoms with van der Waals surface area (Å²) in [5.41, 5.74) is 5.17. The number of allylic oxidation sites excluding steroid dienone is 1. The lowest BCUT2D eigenvalue weighted by atomic mass is 9.90. The van der Waals surface area contributed by atoms with E-state index in [2.05, 4.69) is 54.8 Å². The van der Waals surface area contributed by atoms with Crippen LogP contribution in [0, 0.1) is 0 Å². The highest BCUT2D eigenvalue weighted by Gasteiger charge is 2.25. The Kier molecular flexibility index (Phi) is 6.16. The first-order chi connectivity index (χ1) is 16.4. The minimum absolute atomic E-state index is 0.0674. The Morgan fingerprint density at radius 1 is 1.26 bits per heavy atom. The number of alkyl halides is 1. The second kappa shape index (κ2) is 9.25. The summed E-state index contributed by atoms with van der Waals surface area (Å²) in [7, 11) is 0. The number of aliphatic hydroxyl groups excluding tert-OH is 1. The number of nitrogens with zero attached hydrogens (tertiary/aromatic N) is 4. The van der Waals surface area contributed by atoms with Gasteiger partial charge in [-0.15, -0.1) is 0 Å². The zero-order chi connectivity index (χ0) is 23.8. The quantitative estimate of drug-likeness (QED) is 0.518. The van der Waals surface area contributed by atoms with Crippen LogP contribution in [0.2, 0.25) is 0 Å². The van der Waals surface area contributed by atoms with Crippen molar-refractivity contribution in [2.24, 2.45) is 0 Å². The number of nitrogens with one attached hydrogen (secondary N) is 2. The molecule has 0 aliphatic carbocycles. The van der Waals surface area contributed by atoms with Gasteiger partial charge in [0, 0.05) is 30.9 Å². The highest BCUT2D eigenvalue weighted by Crippen LogP contribution is 2.34. The van der Waals surface area contributed by atoms with E-state index >= 15 is 0 Å². The van der Waals surface area contributed by atoms with Gasteiger partial charge in [-0.25, -0.2) is 9.37 Å². The molecule has 3 aromatic rings. The van der Waals surface area contributed by atoms with Crippen molar-refractivity contribution in [1.82, 2.24) is 14.6 Å². The Morgan fingerprint density at radius 2 is 2.09 bits per heavy atom. The zero-order valence-corrected chi connectivity index (χ0v) is 20.0. The van der Waals surface area contributed by atoms with E-state index in [-0.39, 0.29) is 6.04 Å². The molecule has 3 N–H and O–H groups in total. The molecule has 1 fully saturated rings. The van der Waals surface area contributed by atoms with Gasteiger partial charge in [-0.2, -0.15) is 9.61 Å². The first-order valence-corrected chi connectivity index (χ1v) is 12.2. The molecule has 0 saturated carbocycles. The molecule has 2 aliphatic rings. The van der Waals surface area contributed by atoms with Gasteiger partial charge in [-0.1, -0.05) is 31.2 Å². The summed E-state index contributed by atoms with van der Waals surface area (Å²) in [6, 6.07) is 12.4. The number of fused-ring (bicyclic) bond motifs is 2. The molecule has 7 nitrogen and oxygen atoms in total. The Balaban J connectivity index is 1.53. The molecule has 5 rings (SSSR count). The van der Waals surface area contributed by atoms with Crippen LogP contribution in [-0.2, 0) is 0 Å². The molecule has 8 heteroatoms. The SMILES string of the molecule is CC(O)CNc1cc(N2CCC(F)C2)nc2cc(C3=CCC(C)c4ccccc4NC3C)nn12. The van der Waals surface area contributed by atoms with Crippen LogP contribution >= 0.6 is 0 Å². The van der Waals surface area contributed by atoms with Crippen LogP contribution < -0.4 is 15.5 Å². The van der Waals surface area contributed by atoms with Crippen LogP contribution in [0.4, 0.5) is 21.7 Å². The number of aromatic nitrogens is 3. The number of benzene rings is 1. The summed E-state index contributed by atoms with van der Waals surface area (Å²) in [4.78, 5) is 6.80. The van der Waals surface area contributed by atoms with Crippen molar-refractivity contribution in [1.29, 1.82) is 0 Å². The van der Waals surface area contributed by atoms with Gasteiger partial charge >= 0.3 is 0 Å². The number of hydrogen-bond acceptors (Lipinski definition) is 6. The number of anilines is 3. The van der Waals surface area contributed by atoms with Gasteiger partial charge in [0.05, 0.1) is 24.4 Å². The van der Waals surface area contributed by atoms with Crippen molar-refractivity contribution < 1.29 is 9.50 Å². The molecule has 4 unspecified atom stereocenters. The van der Waals surface area contributed by atoms with Crippen molar-refractivity contribution in [2.45, 2.75) is 57.8 Å².